The molecule has 1 heterocycles. The molecule has 3 unspecified atom stereocenters. The lowest BCUT2D eigenvalue weighted by Crippen LogP contribution is -2.11. The molecule has 1 aromatic rings. The Kier molecular flexibility index (Phi) is 4.45. The van der Waals surface area contributed by atoms with Gasteiger partial charge in [-0.3, -0.25) is 0 Å². The van der Waals surface area contributed by atoms with E-state index >= 15 is 0 Å². The smallest absolute Gasteiger partial charge is 0.0870 e. The molecule has 1 nitrogen and oxygen atoms in total. The van der Waals surface area contributed by atoms with Gasteiger partial charge >= 0.3 is 0 Å². The molecule has 0 amide bonds. The van der Waals surface area contributed by atoms with Gasteiger partial charge in [-0.1, -0.05) is 45.9 Å². The average molecular weight is 246 g/mol. The first-order valence-corrected chi connectivity index (χ1v) is 7.45. The highest BCUT2D eigenvalue weighted by Gasteiger charge is 2.41. The summed E-state index contributed by atoms with van der Waals surface area (Å²) in [4.78, 5) is 0. The summed E-state index contributed by atoms with van der Waals surface area (Å²) in [6.07, 6.45) is 5.62. The molecule has 18 heavy (non-hydrogen) atoms. The third-order valence-corrected chi connectivity index (χ3v) is 4.19. The topological polar surface area (TPSA) is 12.5 Å². The number of benzene rings is 1. The minimum absolute atomic E-state index is 0.505. The fourth-order valence-corrected chi connectivity index (χ4v) is 2.88. The lowest BCUT2D eigenvalue weighted by atomic mass is 9.91. The van der Waals surface area contributed by atoms with E-state index in [-0.39, 0.29) is 0 Å². The van der Waals surface area contributed by atoms with Gasteiger partial charge in [0.25, 0.3) is 0 Å². The zero-order chi connectivity index (χ0) is 13.1. The summed E-state index contributed by atoms with van der Waals surface area (Å²) in [5.74, 6) is 0.646. The monoisotopic (exact) mass is 246 g/mol. The number of epoxide rings is 1. The first-order chi connectivity index (χ1) is 8.69. The van der Waals surface area contributed by atoms with E-state index < -0.39 is 0 Å². The van der Waals surface area contributed by atoms with Crippen molar-refractivity contribution >= 4 is 0 Å². The lowest BCUT2D eigenvalue weighted by Gasteiger charge is -2.14. The van der Waals surface area contributed by atoms with Gasteiger partial charge in [0, 0.05) is 0 Å². The maximum Gasteiger partial charge on any atom is 0.0870 e. The molecular formula is C17H26O. The number of rotatable bonds is 6. The molecule has 100 valence electrons. The van der Waals surface area contributed by atoms with Crippen molar-refractivity contribution in [1.29, 1.82) is 0 Å². The van der Waals surface area contributed by atoms with Crippen LogP contribution in [0, 0.1) is 5.92 Å². The largest absolute Gasteiger partial charge is 0.369 e. The summed E-state index contributed by atoms with van der Waals surface area (Å²) in [5.41, 5.74) is 4.50. The quantitative estimate of drug-likeness (QED) is 0.686. The second-order valence-corrected chi connectivity index (χ2v) is 5.54. The van der Waals surface area contributed by atoms with Crippen molar-refractivity contribution in [3.05, 3.63) is 34.9 Å². The predicted octanol–water partition coefficient (Wildman–Crippen LogP) is 4.17. The number of aryl methyl sites for hydroxylation is 2. The van der Waals surface area contributed by atoms with E-state index in [1.807, 2.05) is 0 Å². The number of ether oxygens (including phenoxy) is 1. The van der Waals surface area contributed by atoms with Crippen LogP contribution < -0.4 is 0 Å². The third-order valence-electron chi connectivity index (χ3n) is 4.19. The molecule has 1 aromatic carbocycles. The molecule has 1 aliphatic rings. The maximum absolute atomic E-state index is 5.73. The normalized spacial score (nSPS) is 24.0. The molecule has 1 aliphatic heterocycles. The predicted molar refractivity (Wildman–Crippen MR) is 77.0 cm³/mol. The lowest BCUT2D eigenvalue weighted by molar-refractivity contribution is 0.322. The van der Waals surface area contributed by atoms with Gasteiger partial charge in [-0.2, -0.15) is 0 Å². The van der Waals surface area contributed by atoms with Gasteiger partial charge in [-0.05, 0) is 48.3 Å². The van der Waals surface area contributed by atoms with Crippen LogP contribution in [0.3, 0.4) is 0 Å². The number of hydrogen-bond donors (Lipinski definition) is 0. The number of hydrogen-bond acceptors (Lipinski definition) is 1. The standard InChI is InChI=1S/C17H26O/c1-5-13-8-9-14(6-2)15(11-13)10-12(4)17-16(7-3)18-17/h8-9,11-12,16-17H,5-7,10H2,1-4H3. The zero-order valence-electron chi connectivity index (χ0n) is 12.2. The van der Waals surface area contributed by atoms with Gasteiger partial charge in [0.15, 0.2) is 0 Å². The summed E-state index contributed by atoms with van der Waals surface area (Å²) in [6.45, 7) is 9.02. The second kappa shape index (κ2) is 5.88. The van der Waals surface area contributed by atoms with Crippen molar-refractivity contribution in [3.63, 3.8) is 0 Å². The van der Waals surface area contributed by atoms with E-state index in [0.717, 1.165) is 25.7 Å². The highest BCUT2D eigenvalue weighted by molar-refractivity contribution is 5.32. The van der Waals surface area contributed by atoms with Gasteiger partial charge in [0.2, 0.25) is 0 Å². The van der Waals surface area contributed by atoms with Crippen molar-refractivity contribution < 1.29 is 4.74 Å². The Balaban J connectivity index is 2.07. The Bertz CT molecular complexity index is 397. The van der Waals surface area contributed by atoms with Gasteiger partial charge in [-0.15, -0.1) is 0 Å². The minimum atomic E-state index is 0.505. The van der Waals surface area contributed by atoms with Crippen LogP contribution in [0.25, 0.3) is 0 Å². The molecule has 3 atom stereocenters. The van der Waals surface area contributed by atoms with Gasteiger partial charge in [-0.25, -0.2) is 0 Å². The Morgan fingerprint density at radius 2 is 1.89 bits per heavy atom. The first-order valence-electron chi connectivity index (χ1n) is 7.45. The minimum Gasteiger partial charge on any atom is -0.369 e. The van der Waals surface area contributed by atoms with Gasteiger partial charge in [0.05, 0.1) is 12.2 Å². The fraction of sp³-hybridized carbons (Fsp3) is 0.647. The van der Waals surface area contributed by atoms with Crippen molar-refractivity contribution in [2.75, 3.05) is 0 Å². The molecule has 0 saturated carbocycles. The molecule has 0 bridgehead atoms. The molecule has 0 spiro atoms. The van der Waals surface area contributed by atoms with Crippen LogP contribution in [0.2, 0.25) is 0 Å². The van der Waals surface area contributed by atoms with Gasteiger partial charge < -0.3 is 4.74 Å². The van der Waals surface area contributed by atoms with Crippen molar-refractivity contribution in [1.82, 2.24) is 0 Å². The maximum atomic E-state index is 5.73. The average Bonchev–Trinajstić information content (AvgIpc) is 3.18. The molecule has 0 N–H and O–H groups in total. The van der Waals surface area contributed by atoms with E-state index in [0.29, 0.717) is 18.1 Å². The van der Waals surface area contributed by atoms with E-state index in [1.165, 1.54) is 16.7 Å². The van der Waals surface area contributed by atoms with Crippen LogP contribution in [-0.4, -0.2) is 12.2 Å². The highest BCUT2D eigenvalue weighted by Crippen LogP contribution is 2.34. The van der Waals surface area contributed by atoms with E-state index in [2.05, 4.69) is 45.9 Å². The summed E-state index contributed by atoms with van der Waals surface area (Å²) < 4.78 is 5.73. The Morgan fingerprint density at radius 1 is 1.11 bits per heavy atom. The molecule has 1 heteroatoms. The molecule has 0 aliphatic carbocycles. The van der Waals surface area contributed by atoms with Crippen LogP contribution in [-0.2, 0) is 24.0 Å². The molecule has 0 aromatic heterocycles. The van der Waals surface area contributed by atoms with Crippen LogP contribution in [0.4, 0.5) is 0 Å². The SMILES string of the molecule is CCc1ccc(CC)c(CC(C)C2OC2CC)c1. The van der Waals surface area contributed by atoms with Crippen LogP contribution in [0.5, 0.6) is 0 Å². The molecule has 2 rings (SSSR count). The summed E-state index contributed by atoms with van der Waals surface area (Å²) in [6, 6.07) is 6.99. The molecular weight excluding hydrogens is 220 g/mol. The first kappa shape index (κ1) is 13.6. The van der Waals surface area contributed by atoms with Crippen LogP contribution in [0.15, 0.2) is 18.2 Å². The fourth-order valence-electron chi connectivity index (χ4n) is 2.88. The van der Waals surface area contributed by atoms with E-state index in [9.17, 15) is 0 Å². The van der Waals surface area contributed by atoms with Crippen molar-refractivity contribution in [2.45, 2.75) is 65.6 Å². The van der Waals surface area contributed by atoms with E-state index in [1.54, 1.807) is 0 Å². The molecule has 0 radical (unpaired) electrons. The summed E-state index contributed by atoms with van der Waals surface area (Å²) in [7, 11) is 0. The Morgan fingerprint density at radius 3 is 2.44 bits per heavy atom. The third kappa shape index (κ3) is 2.95. The highest BCUT2D eigenvalue weighted by atomic mass is 16.6. The second-order valence-electron chi connectivity index (χ2n) is 5.54. The summed E-state index contributed by atoms with van der Waals surface area (Å²) in [5, 5.41) is 0. The van der Waals surface area contributed by atoms with Crippen molar-refractivity contribution in [3.8, 4) is 0 Å². The van der Waals surface area contributed by atoms with Gasteiger partial charge in [0.1, 0.15) is 0 Å². The summed E-state index contributed by atoms with van der Waals surface area (Å²) >= 11 is 0. The van der Waals surface area contributed by atoms with Crippen LogP contribution >= 0.6 is 0 Å². The van der Waals surface area contributed by atoms with E-state index in [4.69, 9.17) is 4.74 Å². The Labute approximate surface area is 112 Å². The molecule has 1 saturated heterocycles. The zero-order valence-corrected chi connectivity index (χ0v) is 12.2. The van der Waals surface area contributed by atoms with Crippen molar-refractivity contribution in [2.24, 2.45) is 5.92 Å². The Hall–Kier alpha value is -0.820. The van der Waals surface area contributed by atoms with Crippen LogP contribution in [0.1, 0.15) is 50.8 Å². The molecule has 1 fully saturated rings.